The molecule has 1 rings (SSSR count). The second-order valence-electron chi connectivity index (χ2n) is 2.15. The van der Waals surface area contributed by atoms with Gasteiger partial charge in [0.05, 0.1) is 23.9 Å². The van der Waals surface area contributed by atoms with Crippen LogP contribution in [0.2, 0.25) is 5.02 Å². The van der Waals surface area contributed by atoms with Crippen LogP contribution in [-0.2, 0) is 0 Å². The summed E-state index contributed by atoms with van der Waals surface area (Å²) in [7, 11) is 1.35. The van der Waals surface area contributed by atoms with Crippen LogP contribution >= 0.6 is 34.2 Å². The molecule has 0 aliphatic carbocycles. The Kier molecular flexibility index (Phi) is 3.66. The lowest BCUT2D eigenvalue weighted by atomic mass is 10.3. The summed E-state index contributed by atoms with van der Waals surface area (Å²) < 4.78 is 29.8. The monoisotopic (exact) mass is 319 g/mol. The minimum atomic E-state index is -2.64. The standard InChI is InChI=1S/C7H5ClF2INO/c1-13-3-2-12-7(11)4(5(3)8)6(9)10/h2,6H,1H3. The normalized spacial score (nSPS) is 10.6. The summed E-state index contributed by atoms with van der Waals surface area (Å²) in [5.41, 5.74) is -0.276. The van der Waals surface area contributed by atoms with E-state index >= 15 is 0 Å². The fraction of sp³-hybridized carbons (Fsp3) is 0.286. The molecule has 13 heavy (non-hydrogen) atoms. The number of methoxy groups -OCH3 is 1. The molecule has 0 saturated heterocycles. The van der Waals surface area contributed by atoms with Crippen LogP contribution in [0.4, 0.5) is 8.78 Å². The van der Waals surface area contributed by atoms with Crippen molar-refractivity contribution in [2.24, 2.45) is 0 Å². The zero-order valence-corrected chi connectivity index (χ0v) is 9.44. The van der Waals surface area contributed by atoms with E-state index in [1.807, 2.05) is 0 Å². The maximum atomic E-state index is 12.4. The molecule has 0 unspecified atom stereocenters. The summed E-state index contributed by atoms with van der Waals surface area (Å²) in [6, 6.07) is 0. The lowest BCUT2D eigenvalue weighted by Gasteiger charge is -2.08. The van der Waals surface area contributed by atoms with E-state index in [2.05, 4.69) is 4.98 Å². The fourth-order valence-electron chi connectivity index (χ4n) is 0.793. The highest BCUT2D eigenvalue weighted by Gasteiger charge is 2.20. The highest BCUT2D eigenvalue weighted by Crippen LogP contribution is 2.35. The average molecular weight is 319 g/mol. The molecule has 0 radical (unpaired) electrons. The van der Waals surface area contributed by atoms with E-state index in [-0.39, 0.29) is 20.0 Å². The maximum absolute atomic E-state index is 12.4. The Labute approximate surface area is 92.4 Å². The van der Waals surface area contributed by atoms with Crippen molar-refractivity contribution in [2.75, 3.05) is 7.11 Å². The zero-order valence-electron chi connectivity index (χ0n) is 6.52. The molecular weight excluding hydrogens is 314 g/mol. The average Bonchev–Trinajstić information content (AvgIpc) is 2.04. The number of rotatable bonds is 2. The van der Waals surface area contributed by atoms with Gasteiger partial charge in [0.15, 0.2) is 5.75 Å². The summed E-state index contributed by atoms with van der Waals surface area (Å²) >= 11 is 7.36. The first-order valence-electron chi connectivity index (χ1n) is 3.24. The molecule has 0 atom stereocenters. The van der Waals surface area contributed by atoms with Crippen LogP contribution in [0.25, 0.3) is 0 Å². The summed E-state index contributed by atoms with van der Waals surface area (Å²) in [6.45, 7) is 0. The molecule has 72 valence electrons. The van der Waals surface area contributed by atoms with Crippen LogP contribution in [0.5, 0.6) is 5.75 Å². The smallest absolute Gasteiger partial charge is 0.267 e. The number of hydrogen-bond acceptors (Lipinski definition) is 2. The van der Waals surface area contributed by atoms with Crippen molar-refractivity contribution in [3.63, 3.8) is 0 Å². The third-order valence-electron chi connectivity index (χ3n) is 1.41. The number of nitrogens with zero attached hydrogens (tertiary/aromatic N) is 1. The van der Waals surface area contributed by atoms with Gasteiger partial charge in [-0.3, -0.25) is 0 Å². The number of hydrogen-bond donors (Lipinski definition) is 0. The largest absolute Gasteiger partial charge is 0.494 e. The van der Waals surface area contributed by atoms with E-state index in [4.69, 9.17) is 16.3 Å². The van der Waals surface area contributed by atoms with E-state index in [1.54, 1.807) is 22.6 Å². The van der Waals surface area contributed by atoms with Crippen molar-refractivity contribution in [1.29, 1.82) is 0 Å². The molecule has 1 aromatic heterocycles. The predicted octanol–water partition coefficient (Wildman–Crippen LogP) is 3.29. The number of pyridine rings is 1. The van der Waals surface area contributed by atoms with Gasteiger partial charge in [-0.25, -0.2) is 13.8 Å². The first kappa shape index (κ1) is 10.9. The molecule has 0 fully saturated rings. The molecule has 0 aromatic carbocycles. The van der Waals surface area contributed by atoms with Crippen molar-refractivity contribution in [3.05, 3.63) is 20.5 Å². The zero-order chi connectivity index (χ0) is 10.0. The van der Waals surface area contributed by atoms with Crippen LogP contribution in [0.3, 0.4) is 0 Å². The van der Waals surface area contributed by atoms with Gasteiger partial charge < -0.3 is 4.74 Å². The molecule has 1 heterocycles. The number of halogens is 4. The number of ether oxygens (including phenoxy) is 1. The Bertz CT molecular complexity index is 322. The van der Waals surface area contributed by atoms with E-state index < -0.39 is 6.43 Å². The maximum Gasteiger partial charge on any atom is 0.267 e. The second kappa shape index (κ2) is 4.36. The third-order valence-corrected chi connectivity index (χ3v) is 2.66. The minimum Gasteiger partial charge on any atom is -0.494 e. The lowest BCUT2D eigenvalue weighted by Crippen LogP contribution is -1.97. The van der Waals surface area contributed by atoms with Crippen molar-refractivity contribution >= 4 is 34.2 Å². The molecular formula is C7H5ClF2INO. The Balaban J connectivity index is 3.30. The Hall–Kier alpha value is -0.170. The van der Waals surface area contributed by atoms with E-state index in [0.29, 0.717) is 0 Å². The van der Waals surface area contributed by atoms with Gasteiger partial charge in [0.25, 0.3) is 6.43 Å². The Morgan fingerprint density at radius 1 is 1.62 bits per heavy atom. The Morgan fingerprint density at radius 3 is 2.69 bits per heavy atom. The van der Waals surface area contributed by atoms with Crippen LogP contribution in [0.15, 0.2) is 6.20 Å². The molecule has 0 N–H and O–H groups in total. The lowest BCUT2D eigenvalue weighted by molar-refractivity contribution is 0.149. The summed E-state index contributed by atoms with van der Waals surface area (Å²) in [5.74, 6) is 0.164. The van der Waals surface area contributed by atoms with E-state index in [1.165, 1.54) is 13.3 Å². The van der Waals surface area contributed by atoms with Crippen molar-refractivity contribution in [3.8, 4) is 5.75 Å². The van der Waals surface area contributed by atoms with Crippen molar-refractivity contribution in [2.45, 2.75) is 6.43 Å². The highest BCUT2D eigenvalue weighted by atomic mass is 127. The van der Waals surface area contributed by atoms with Crippen molar-refractivity contribution < 1.29 is 13.5 Å². The first-order valence-corrected chi connectivity index (χ1v) is 4.69. The van der Waals surface area contributed by atoms with Gasteiger partial charge in [-0.05, 0) is 22.6 Å². The van der Waals surface area contributed by atoms with E-state index in [0.717, 1.165) is 0 Å². The van der Waals surface area contributed by atoms with Crippen LogP contribution in [0, 0.1) is 3.70 Å². The summed E-state index contributed by atoms with van der Waals surface area (Å²) in [5, 5.41) is -0.0723. The van der Waals surface area contributed by atoms with E-state index in [9.17, 15) is 8.78 Å². The SMILES string of the molecule is COc1cnc(I)c(C(F)F)c1Cl. The molecule has 0 saturated carbocycles. The molecule has 2 nitrogen and oxygen atoms in total. The molecule has 0 spiro atoms. The quantitative estimate of drug-likeness (QED) is 0.616. The molecule has 0 bridgehead atoms. The topological polar surface area (TPSA) is 22.1 Å². The second-order valence-corrected chi connectivity index (χ2v) is 3.55. The molecule has 1 aromatic rings. The highest BCUT2D eigenvalue weighted by molar-refractivity contribution is 14.1. The number of alkyl halides is 2. The van der Waals surface area contributed by atoms with Gasteiger partial charge in [0, 0.05) is 0 Å². The number of aromatic nitrogens is 1. The molecule has 0 aliphatic rings. The summed E-state index contributed by atoms with van der Waals surface area (Å²) in [4.78, 5) is 3.73. The van der Waals surface area contributed by atoms with Crippen LogP contribution in [-0.4, -0.2) is 12.1 Å². The minimum absolute atomic E-state index is 0.0723. The van der Waals surface area contributed by atoms with Crippen LogP contribution in [0.1, 0.15) is 12.0 Å². The third kappa shape index (κ3) is 2.19. The molecule has 6 heteroatoms. The predicted molar refractivity (Wildman–Crippen MR) is 53.5 cm³/mol. The first-order chi connectivity index (χ1) is 6.07. The van der Waals surface area contributed by atoms with Gasteiger partial charge in [0.1, 0.15) is 3.70 Å². The molecule has 0 aliphatic heterocycles. The van der Waals surface area contributed by atoms with Gasteiger partial charge >= 0.3 is 0 Å². The van der Waals surface area contributed by atoms with Gasteiger partial charge in [0.2, 0.25) is 0 Å². The van der Waals surface area contributed by atoms with Gasteiger partial charge in [-0.2, -0.15) is 0 Å². The summed E-state index contributed by atoms with van der Waals surface area (Å²) in [6.07, 6.45) is -1.32. The van der Waals surface area contributed by atoms with Crippen molar-refractivity contribution in [1.82, 2.24) is 4.98 Å². The van der Waals surface area contributed by atoms with Gasteiger partial charge in [-0.1, -0.05) is 11.6 Å². The Morgan fingerprint density at radius 2 is 2.23 bits per heavy atom. The fourth-order valence-corrected chi connectivity index (χ4v) is 1.89. The van der Waals surface area contributed by atoms with Crippen LogP contribution < -0.4 is 4.74 Å². The molecule has 0 amide bonds. The van der Waals surface area contributed by atoms with Gasteiger partial charge in [-0.15, -0.1) is 0 Å².